The lowest BCUT2D eigenvalue weighted by Crippen LogP contribution is -2.38. The van der Waals surface area contributed by atoms with Crippen LogP contribution < -0.4 is 5.43 Å². The Bertz CT molecular complexity index is 188. The lowest BCUT2D eigenvalue weighted by atomic mass is 9.87. The predicted octanol–water partition coefficient (Wildman–Crippen LogP) is 2.45. The first-order valence-electron chi connectivity index (χ1n) is 5.11. The normalized spacial score (nSPS) is 27.9. The second-order valence-corrected chi connectivity index (χ2v) is 4.33. The first-order valence-corrected chi connectivity index (χ1v) is 5.11. The third-order valence-corrected chi connectivity index (χ3v) is 3.14. The second kappa shape index (κ2) is 3.08. The second-order valence-electron chi connectivity index (χ2n) is 4.33. The van der Waals surface area contributed by atoms with Crippen molar-refractivity contribution in [2.45, 2.75) is 57.4 Å². The Hall–Kier alpha value is -0.530. The molecule has 0 radical (unpaired) electrons. The lowest BCUT2D eigenvalue weighted by molar-refractivity contribution is 0.322. The van der Waals surface area contributed by atoms with Gasteiger partial charge in [-0.1, -0.05) is 25.7 Å². The molecule has 2 nitrogen and oxygen atoms in total. The molecule has 0 bridgehead atoms. The molecule has 0 aromatic carbocycles. The largest absolute Gasteiger partial charge is 0.304 e. The van der Waals surface area contributed by atoms with Crippen molar-refractivity contribution in [3.63, 3.8) is 0 Å². The van der Waals surface area contributed by atoms with Crippen LogP contribution in [0.2, 0.25) is 0 Å². The zero-order chi connectivity index (χ0) is 8.44. The minimum atomic E-state index is 0.376. The van der Waals surface area contributed by atoms with Crippen LogP contribution in [-0.2, 0) is 0 Å². The first kappa shape index (κ1) is 8.09. The Morgan fingerprint density at radius 1 is 1.17 bits per heavy atom. The van der Waals surface area contributed by atoms with Crippen LogP contribution >= 0.6 is 0 Å². The summed E-state index contributed by atoms with van der Waals surface area (Å²) in [6.07, 6.45) is 9.45. The maximum atomic E-state index is 4.32. The van der Waals surface area contributed by atoms with Crippen molar-refractivity contribution < 1.29 is 0 Å². The van der Waals surface area contributed by atoms with E-state index in [1.54, 1.807) is 0 Å². The van der Waals surface area contributed by atoms with Crippen LogP contribution in [0.15, 0.2) is 5.10 Å². The average molecular weight is 166 g/mol. The Balaban J connectivity index is 2.01. The Morgan fingerprint density at radius 3 is 2.33 bits per heavy atom. The van der Waals surface area contributed by atoms with E-state index in [4.69, 9.17) is 0 Å². The van der Waals surface area contributed by atoms with Crippen LogP contribution in [0.3, 0.4) is 0 Å². The molecule has 1 fully saturated rings. The number of hydrogen-bond acceptors (Lipinski definition) is 2. The Labute approximate surface area is 74.4 Å². The molecule has 0 saturated heterocycles. The number of nitrogens with zero attached hydrogens (tertiary/aromatic N) is 1. The fourth-order valence-corrected chi connectivity index (χ4v) is 2.48. The van der Waals surface area contributed by atoms with Gasteiger partial charge >= 0.3 is 0 Å². The minimum Gasteiger partial charge on any atom is -0.304 e. The number of hydrazone groups is 1. The van der Waals surface area contributed by atoms with E-state index in [9.17, 15) is 0 Å². The molecule has 2 aliphatic rings. The van der Waals surface area contributed by atoms with Gasteiger partial charge in [0, 0.05) is 12.1 Å². The lowest BCUT2D eigenvalue weighted by Gasteiger charge is -2.26. The molecule has 0 aromatic rings. The SMILES string of the molecule is CC1=NNC2(CCCCCC2)C1. The molecule has 1 heterocycles. The van der Waals surface area contributed by atoms with Crippen LogP contribution in [0.1, 0.15) is 51.9 Å². The number of nitrogens with one attached hydrogen (secondary N) is 1. The molecular weight excluding hydrogens is 148 g/mol. The maximum Gasteiger partial charge on any atom is 0.0601 e. The summed E-state index contributed by atoms with van der Waals surface area (Å²) in [6.45, 7) is 2.13. The summed E-state index contributed by atoms with van der Waals surface area (Å²) in [7, 11) is 0. The standard InChI is InChI=1S/C10H18N2/c1-9-8-10(12-11-9)6-4-2-3-5-7-10/h12H,2-8H2,1H3. The molecule has 1 saturated carbocycles. The van der Waals surface area contributed by atoms with Gasteiger partial charge < -0.3 is 5.43 Å². The zero-order valence-corrected chi connectivity index (χ0v) is 7.90. The van der Waals surface area contributed by atoms with Crippen molar-refractivity contribution in [2.24, 2.45) is 5.10 Å². The summed E-state index contributed by atoms with van der Waals surface area (Å²) in [4.78, 5) is 0. The van der Waals surface area contributed by atoms with Gasteiger partial charge in [-0.05, 0) is 19.8 Å². The fraction of sp³-hybridized carbons (Fsp3) is 0.900. The van der Waals surface area contributed by atoms with Crippen molar-refractivity contribution in [2.75, 3.05) is 0 Å². The maximum absolute atomic E-state index is 4.32. The summed E-state index contributed by atoms with van der Waals surface area (Å²) >= 11 is 0. The van der Waals surface area contributed by atoms with E-state index < -0.39 is 0 Å². The van der Waals surface area contributed by atoms with E-state index in [0.29, 0.717) is 5.54 Å². The monoisotopic (exact) mass is 166 g/mol. The Kier molecular flexibility index (Phi) is 2.07. The van der Waals surface area contributed by atoms with Crippen molar-refractivity contribution in [3.8, 4) is 0 Å². The molecule has 2 heteroatoms. The zero-order valence-electron chi connectivity index (χ0n) is 7.90. The predicted molar refractivity (Wildman–Crippen MR) is 51.3 cm³/mol. The van der Waals surface area contributed by atoms with Crippen molar-refractivity contribution >= 4 is 5.71 Å². The van der Waals surface area contributed by atoms with E-state index in [-0.39, 0.29) is 0 Å². The minimum absolute atomic E-state index is 0.376. The van der Waals surface area contributed by atoms with Gasteiger partial charge in [-0.3, -0.25) is 0 Å². The summed E-state index contributed by atoms with van der Waals surface area (Å²) in [5.74, 6) is 0. The summed E-state index contributed by atoms with van der Waals surface area (Å²) in [5, 5.41) is 4.32. The van der Waals surface area contributed by atoms with Gasteiger partial charge in [0.2, 0.25) is 0 Å². The smallest absolute Gasteiger partial charge is 0.0601 e. The van der Waals surface area contributed by atoms with Gasteiger partial charge in [-0.25, -0.2) is 0 Å². The summed E-state index contributed by atoms with van der Waals surface area (Å²) < 4.78 is 0. The van der Waals surface area contributed by atoms with E-state index in [1.165, 1.54) is 50.7 Å². The highest BCUT2D eigenvalue weighted by molar-refractivity contribution is 5.84. The van der Waals surface area contributed by atoms with Gasteiger partial charge in [0.15, 0.2) is 0 Å². The van der Waals surface area contributed by atoms with Gasteiger partial charge in [-0.15, -0.1) is 0 Å². The molecule has 0 atom stereocenters. The number of rotatable bonds is 0. The molecule has 12 heavy (non-hydrogen) atoms. The highest BCUT2D eigenvalue weighted by Gasteiger charge is 2.34. The molecule has 68 valence electrons. The van der Waals surface area contributed by atoms with Gasteiger partial charge in [0.05, 0.1) is 5.54 Å². The quantitative estimate of drug-likeness (QED) is 0.587. The molecule has 0 unspecified atom stereocenters. The highest BCUT2D eigenvalue weighted by Crippen LogP contribution is 2.32. The molecule has 1 aliphatic carbocycles. The topological polar surface area (TPSA) is 24.4 Å². The Morgan fingerprint density at radius 2 is 1.83 bits per heavy atom. The third-order valence-electron chi connectivity index (χ3n) is 3.14. The van der Waals surface area contributed by atoms with Crippen LogP contribution in [0.25, 0.3) is 0 Å². The molecule has 1 N–H and O–H groups in total. The van der Waals surface area contributed by atoms with Gasteiger partial charge in [0.1, 0.15) is 0 Å². The molecule has 2 rings (SSSR count). The van der Waals surface area contributed by atoms with Crippen molar-refractivity contribution in [1.82, 2.24) is 5.43 Å². The van der Waals surface area contributed by atoms with Crippen LogP contribution in [-0.4, -0.2) is 11.3 Å². The van der Waals surface area contributed by atoms with Gasteiger partial charge in [-0.2, -0.15) is 5.10 Å². The van der Waals surface area contributed by atoms with Crippen LogP contribution in [0.5, 0.6) is 0 Å². The number of hydrogen-bond donors (Lipinski definition) is 1. The summed E-state index contributed by atoms with van der Waals surface area (Å²) in [5.41, 5.74) is 5.01. The van der Waals surface area contributed by atoms with E-state index in [0.717, 1.165) is 0 Å². The average Bonchev–Trinajstić information content (AvgIpc) is 2.30. The third kappa shape index (κ3) is 1.47. The van der Waals surface area contributed by atoms with E-state index >= 15 is 0 Å². The van der Waals surface area contributed by atoms with Crippen molar-refractivity contribution in [3.05, 3.63) is 0 Å². The van der Waals surface area contributed by atoms with Gasteiger partial charge in [0.25, 0.3) is 0 Å². The van der Waals surface area contributed by atoms with E-state index in [2.05, 4.69) is 17.5 Å². The first-order chi connectivity index (χ1) is 5.81. The van der Waals surface area contributed by atoms with Crippen LogP contribution in [0, 0.1) is 0 Å². The molecular formula is C10H18N2. The highest BCUT2D eigenvalue weighted by atomic mass is 15.4. The molecule has 0 amide bonds. The van der Waals surface area contributed by atoms with Crippen molar-refractivity contribution in [1.29, 1.82) is 0 Å². The fourth-order valence-electron chi connectivity index (χ4n) is 2.48. The molecule has 1 spiro atoms. The molecule has 1 aliphatic heterocycles. The van der Waals surface area contributed by atoms with E-state index in [1.807, 2.05) is 0 Å². The molecule has 0 aromatic heterocycles. The van der Waals surface area contributed by atoms with Crippen LogP contribution in [0.4, 0.5) is 0 Å². The summed E-state index contributed by atoms with van der Waals surface area (Å²) in [6, 6.07) is 0.